The van der Waals surface area contributed by atoms with Crippen LogP contribution in [0.25, 0.3) is 11.4 Å². The molecule has 25 heavy (non-hydrogen) atoms. The summed E-state index contributed by atoms with van der Waals surface area (Å²) in [5.41, 5.74) is 10.3. The fourth-order valence-corrected chi connectivity index (χ4v) is 3.26. The first-order chi connectivity index (χ1) is 12.1. The Bertz CT molecular complexity index is 948. The van der Waals surface area contributed by atoms with Crippen molar-refractivity contribution >= 4 is 17.5 Å². The standard InChI is InChI=1S/C18H18N6O/c1-24-16-13(15(23-24)17(19)25)9-5-6-11-10-20-18(22-14(11)16)21-12-7-3-2-4-8-12/h2-4,7-8,10H,5-6,9H2,1H3,(H2,19,25)(H,20,21,22). The van der Waals surface area contributed by atoms with Crippen molar-refractivity contribution in [3.63, 3.8) is 0 Å². The molecule has 7 nitrogen and oxygen atoms in total. The number of amides is 1. The van der Waals surface area contributed by atoms with Gasteiger partial charge >= 0.3 is 0 Å². The molecule has 0 atom stereocenters. The van der Waals surface area contributed by atoms with Crippen LogP contribution in [0.5, 0.6) is 0 Å². The predicted octanol–water partition coefficient (Wildman–Crippen LogP) is 2.21. The molecule has 126 valence electrons. The Hall–Kier alpha value is -3.22. The Morgan fingerprint density at radius 2 is 2.04 bits per heavy atom. The lowest BCUT2D eigenvalue weighted by Crippen LogP contribution is -2.14. The molecule has 1 aliphatic carbocycles. The third-order valence-electron chi connectivity index (χ3n) is 4.37. The monoisotopic (exact) mass is 334 g/mol. The first-order valence-corrected chi connectivity index (χ1v) is 8.17. The molecule has 2 heterocycles. The van der Waals surface area contributed by atoms with E-state index in [1.165, 1.54) is 0 Å². The van der Waals surface area contributed by atoms with Gasteiger partial charge in [-0.2, -0.15) is 5.10 Å². The van der Waals surface area contributed by atoms with Crippen LogP contribution in [0.3, 0.4) is 0 Å². The number of nitrogens with zero attached hydrogens (tertiary/aromatic N) is 4. The van der Waals surface area contributed by atoms with Gasteiger partial charge in [0.15, 0.2) is 5.69 Å². The summed E-state index contributed by atoms with van der Waals surface area (Å²) in [7, 11) is 1.81. The van der Waals surface area contributed by atoms with E-state index in [9.17, 15) is 4.79 Å². The average Bonchev–Trinajstić information content (AvgIpc) is 2.82. The van der Waals surface area contributed by atoms with Crippen LogP contribution in [0.15, 0.2) is 36.5 Å². The molecule has 3 aromatic rings. The highest BCUT2D eigenvalue weighted by molar-refractivity contribution is 5.94. The summed E-state index contributed by atoms with van der Waals surface area (Å²) in [5, 5.41) is 7.52. The van der Waals surface area contributed by atoms with E-state index in [1.54, 1.807) is 4.68 Å². The maximum Gasteiger partial charge on any atom is 0.269 e. The molecule has 0 bridgehead atoms. The number of anilines is 2. The third kappa shape index (κ3) is 2.73. The van der Waals surface area contributed by atoms with Crippen molar-refractivity contribution in [2.75, 3.05) is 5.32 Å². The molecular formula is C18H18N6O. The molecule has 2 aromatic heterocycles. The van der Waals surface area contributed by atoms with Crippen LogP contribution in [0, 0.1) is 0 Å². The Labute approximate surface area is 144 Å². The highest BCUT2D eigenvalue weighted by Gasteiger charge is 2.26. The molecule has 0 spiro atoms. The number of para-hydroxylation sites is 1. The van der Waals surface area contributed by atoms with E-state index in [0.717, 1.165) is 47.5 Å². The maximum absolute atomic E-state index is 11.7. The number of aromatic nitrogens is 4. The number of hydrogen-bond donors (Lipinski definition) is 2. The molecular weight excluding hydrogens is 316 g/mol. The Kier molecular flexibility index (Phi) is 3.68. The van der Waals surface area contributed by atoms with Gasteiger partial charge in [-0.1, -0.05) is 18.2 Å². The fraction of sp³-hybridized carbons (Fsp3) is 0.222. The molecule has 1 aromatic carbocycles. The smallest absolute Gasteiger partial charge is 0.269 e. The number of fused-ring (bicyclic) bond motifs is 3. The molecule has 0 saturated heterocycles. The summed E-state index contributed by atoms with van der Waals surface area (Å²) in [6.45, 7) is 0. The van der Waals surface area contributed by atoms with Gasteiger partial charge in [-0.25, -0.2) is 9.97 Å². The summed E-state index contributed by atoms with van der Waals surface area (Å²) in [6.07, 6.45) is 4.35. The molecule has 0 radical (unpaired) electrons. The van der Waals surface area contributed by atoms with Gasteiger partial charge in [0.25, 0.3) is 5.91 Å². The van der Waals surface area contributed by atoms with Gasteiger partial charge in [0.1, 0.15) is 0 Å². The summed E-state index contributed by atoms with van der Waals surface area (Å²) in [6, 6.07) is 9.76. The van der Waals surface area contributed by atoms with Crippen molar-refractivity contribution in [1.82, 2.24) is 19.7 Å². The van der Waals surface area contributed by atoms with Gasteiger partial charge in [0, 0.05) is 24.5 Å². The fourth-order valence-electron chi connectivity index (χ4n) is 3.26. The number of carbonyl (C=O) groups excluding carboxylic acids is 1. The van der Waals surface area contributed by atoms with Crippen molar-refractivity contribution in [2.45, 2.75) is 19.3 Å². The second kappa shape index (κ2) is 6.01. The number of rotatable bonds is 3. The highest BCUT2D eigenvalue weighted by Crippen LogP contribution is 2.33. The van der Waals surface area contributed by atoms with Crippen LogP contribution >= 0.6 is 0 Å². The number of carbonyl (C=O) groups is 1. The SMILES string of the molecule is Cn1nc(C(N)=O)c2c1-c1nc(Nc3ccccc3)ncc1CCC2. The largest absolute Gasteiger partial charge is 0.364 e. The van der Waals surface area contributed by atoms with Crippen LogP contribution < -0.4 is 11.1 Å². The van der Waals surface area contributed by atoms with E-state index in [4.69, 9.17) is 10.7 Å². The van der Waals surface area contributed by atoms with Gasteiger partial charge in [-0.05, 0) is 37.0 Å². The van der Waals surface area contributed by atoms with E-state index in [1.807, 2.05) is 43.6 Å². The minimum Gasteiger partial charge on any atom is -0.364 e. The molecule has 0 aliphatic heterocycles. The molecule has 0 fully saturated rings. The highest BCUT2D eigenvalue weighted by atomic mass is 16.1. The van der Waals surface area contributed by atoms with Crippen LogP contribution in [0.1, 0.15) is 28.0 Å². The summed E-state index contributed by atoms with van der Waals surface area (Å²) < 4.78 is 1.69. The summed E-state index contributed by atoms with van der Waals surface area (Å²) >= 11 is 0. The molecule has 3 N–H and O–H groups in total. The zero-order valence-electron chi connectivity index (χ0n) is 13.9. The van der Waals surface area contributed by atoms with Crippen LogP contribution in [0.2, 0.25) is 0 Å². The summed E-state index contributed by atoms with van der Waals surface area (Å²) in [4.78, 5) is 20.9. The van der Waals surface area contributed by atoms with Crippen LogP contribution in [-0.4, -0.2) is 25.7 Å². The lowest BCUT2D eigenvalue weighted by atomic mass is 10.1. The second-order valence-corrected chi connectivity index (χ2v) is 6.08. The molecule has 1 amide bonds. The number of aryl methyl sites for hydroxylation is 2. The van der Waals surface area contributed by atoms with Gasteiger partial charge in [-0.3, -0.25) is 9.48 Å². The first kappa shape index (κ1) is 15.3. The van der Waals surface area contributed by atoms with Gasteiger partial charge in [0.2, 0.25) is 5.95 Å². The Morgan fingerprint density at radius 1 is 1.24 bits per heavy atom. The quantitative estimate of drug-likeness (QED) is 0.765. The zero-order chi connectivity index (χ0) is 17.4. The van der Waals surface area contributed by atoms with Crippen molar-refractivity contribution in [3.05, 3.63) is 53.3 Å². The third-order valence-corrected chi connectivity index (χ3v) is 4.37. The van der Waals surface area contributed by atoms with Gasteiger partial charge in [0.05, 0.1) is 11.4 Å². The average molecular weight is 334 g/mol. The Morgan fingerprint density at radius 3 is 2.80 bits per heavy atom. The van der Waals surface area contributed by atoms with E-state index < -0.39 is 5.91 Å². The van der Waals surface area contributed by atoms with E-state index >= 15 is 0 Å². The van der Waals surface area contributed by atoms with Crippen molar-refractivity contribution < 1.29 is 4.79 Å². The maximum atomic E-state index is 11.7. The molecule has 1 aliphatic rings. The van der Waals surface area contributed by atoms with Crippen molar-refractivity contribution in [1.29, 1.82) is 0 Å². The minimum absolute atomic E-state index is 0.335. The number of benzene rings is 1. The van der Waals surface area contributed by atoms with E-state index in [0.29, 0.717) is 11.6 Å². The zero-order valence-corrected chi connectivity index (χ0v) is 13.9. The molecule has 0 unspecified atom stereocenters. The normalized spacial score (nSPS) is 12.8. The minimum atomic E-state index is -0.503. The topological polar surface area (TPSA) is 98.7 Å². The van der Waals surface area contributed by atoms with E-state index in [-0.39, 0.29) is 0 Å². The van der Waals surface area contributed by atoms with Crippen molar-refractivity contribution in [3.8, 4) is 11.4 Å². The molecule has 7 heteroatoms. The van der Waals surface area contributed by atoms with E-state index in [2.05, 4.69) is 15.4 Å². The van der Waals surface area contributed by atoms with Gasteiger partial charge < -0.3 is 11.1 Å². The Balaban J connectivity index is 1.82. The number of nitrogens with one attached hydrogen (secondary N) is 1. The number of hydrogen-bond acceptors (Lipinski definition) is 5. The molecule has 4 rings (SSSR count). The van der Waals surface area contributed by atoms with Crippen molar-refractivity contribution in [2.24, 2.45) is 12.8 Å². The predicted molar refractivity (Wildman–Crippen MR) is 94.5 cm³/mol. The van der Waals surface area contributed by atoms with Crippen LogP contribution in [-0.2, 0) is 19.9 Å². The number of nitrogens with two attached hydrogens (primary N) is 1. The lowest BCUT2D eigenvalue weighted by molar-refractivity contribution is 0.0994. The van der Waals surface area contributed by atoms with Gasteiger partial charge in [-0.15, -0.1) is 0 Å². The molecule has 0 saturated carbocycles. The number of primary amides is 1. The summed E-state index contributed by atoms with van der Waals surface area (Å²) in [5.74, 6) is 0.0108. The first-order valence-electron chi connectivity index (χ1n) is 8.17. The second-order valence-electron chi connectivity index (χ2n) is 6.08. The lowest BCUT2D eigenvalue weighted by Gasteiger charge is -2.10. The van der Waals surface area contributed by atoms with Crippen LogP contribution in [0.4, 0.5) is 11.6 Å².